The van der Waals surface area contributed by atoms with Crippen molar-refractivity contribution >= 4 is 17.7 Å². The molecule has 7 heteroatoms. The zero-order valence-corrected chi connectivity index (χ0v) is 15.4. The summed E-state index contributed by atoms with van der Waals surface area (Å²) in [6.45, 7) is 3.75. The maximum absolute atomic E-state index is 12.6. The average molecular weight is 364 g/mol. The summed E-state index contributed by atoms with van der Waals surface area (Å²) in [5.41, 5.74) is -1.09. The normalized spacial score (nSPS) is 28.3. The molecule has 1 aromatic carbocycles. The molecule has 1 aliphatic rings. The Balaban J connectivity index is 2.57. The molecule has 0 aliphatic heterocycles. The number of methoxy groups -OCH3 is 2. The van der Waals surface area contributed by atoms with Gasteiger partial charge in [-0.05, 0) is 31.5 Å². The van der Waals surface area contributed by atoms with E-state index in [0.29, 0.717) is 17.9 Å². The average Bonchev–Trinajstić information content (AvgIpc) is 2.60. The molecular weight excluding hydrogens is 340 g/mol. The van der Waals surface area contributed by atoms with Gasteiger partial charge in [-0.15, -0.1) is 0 Å². The van der Waals surface area contributed by atoms with E-state index in [4.69, 9.17) is 14.2 Å². The van der Waals surface area contributed by atoms with Crippen molar-refractivity contribution < 1.29 is 33.7 Å². The third kappa shape index (κ3) is 3.72. The van der Waals surface area contributed by atoms with Gasteiger partial charge in [-0.3, -0.25) is 14.4 Å². The third-order valence-corrected chi connectivity index (χ3v) is 4.75. The van der Waals surface area contributed by atoms with Gasteiger partial charge in [-0.2, -0.15) is 0 Å². The Kier molecular flexibility index (Phi) is 6.02. The number of hydrogen-bond acceptors (Lipinski definition) is 7. The summed E-state index contributed by atoms with van der Waals surface area (Å²) >= 11 is 0. The molecule has 142 valence electrons. The molecule has 1 fully saturated rings. The van der Waals surface area contributed by atoms with Gasteiger partial charge in [-0.25, -0.2) is 0 Å². The number of hydrogen-bond donors (Lipinski definition) is 1. The van der Waals surface area contributed by atoms with Gasteiger partial charge >= 0.3 is 11.9 Å². The predicted octanol–water partition coefficient (Wildman–Crippen LogP) is 1.47. The molecule has 0 bridgehead atoms. The summed E-state index contributed by atoms with van der Waals surface area (Å²) < 4.78 is 15.0. The summed E-state index contributed by atoms with van der Waals surface area (Å²) in [6.07, 6.45) is -0.333. The van der Waals surface area contributed by atoms with Crippen LogP contribution >= 0.6 is 0 Å². The standard InChI is InChI=1S/C19H24O7/c1-5-26-12-8-6-11(7-9-12)14-15(17(21)24-3)13(20)10-19(2,23)16(14)18(22)25-4/h6-9,14-16,23H,5,10H2,1-4H3/t14-,15-,16-,19+/m0/s1. The lowest BCUT2D eigenvalue weighted by molar-refractivity contribution is -0.170. The SMILES string of the molecule is CCOc1ccc([C@H]2[C@@H](C(=O)OC)C(=O)C[C@@](C)(O)[C@@H]2C(=O)OC)cc1. The van der Waals surface area contributed by atoms with Crippen LogP contribution in [-0.4, -0.2) is 49.3 Å². The number of carbonyl (C=O) groups is 3. The zero-order chi connectivity index (χ0) is 19.5. The minimum absolute atomic E-state index is 0.333. The molecule has 7 nitrogen and oxygen atoms in total. The van der Waals surface area contributed by atoms with Gasteiger partial charge < -0.3 is 19.3 Å². The van der Waals surface area contributed by atoms with E-state index in [1.807, 2.05) is 6.92 Å². The summed E-state index contributed by atoms with van der Waals surface area (Å²) in [6, 6.07) is 6.73. The van der Waals surface area contributed by atoms with E-state index in [2.05, 4.69) is 0 Å². The molecule has 0 spiro atoms. The molecule has 0 unspecified atom stereocenters. The monoisotopic (exact) mass is 364 g/mol. The summed E-state index contributed by atoms with van der Waals surface area (Å²) in [5, 5.41) is 10.8. The quantitative estimate of drug-likeness (QED) is 0.624. The lowest BCUT2D eigenvalue weighted by atomic mass is 9.62. The number of carbonyl (C=O) groups excluding carboxylic acids is 3. The molecule has 0 heterocycles. The number of benzene rings is 1. The number of Topliss-reactive ketones (excluding diaryl/α,β-unsaturated/α-hetero) is 1. The van der Waals surface area contributed by atoms with E-state index >= 15 is 0 Å². The Bertz CT molecular complexity index is 678. The Morgan fingerprint density at radius 2 is 1.73 bits per heavy atom. The van der Waals surface area contributed by atoms with Crippen molar-refractivity contribution in [3.63, 3.8) is 0 Å². The van der Waals surface area contributed by atoms with Gasteiger partial charge in [0.2, 0.25) is 0 Å². The van der Waals surface area contributed by atoms with Crippen LogP contribution < -0.4 is 4.74 Å². The van der Waals surface area contributed by atoms with E-state index in [1.165, 1.54) is 21.1 Å². The highest BCUT2D eigenvalue weighted by molar-refractivity contribution is 6.02. The van der Waals surface area contributed by atoms with Crippen LogP contribution in [0.4, 0.5) is 0 Å². The molecule has 1 aliphatic carbocycles. The molecule has 0 saturated heterocycles. The van der Waals surface area contributed by atoms with Crippen LogP contribution in [0.25, 0.3) is 0 Å². The number of ketones is 1. The first kappa shape index (κ1) is 19.9. The Hall–Kier alpha value is -2.41. The van der Waals surface area contributed by atoms with E-state index in [0.717, 1.165) is 0 Å². The first-order valence-electron chi connectivity index (χ1n) is 8.40. The second kappa shape index (κ2) is 7.86. The molecule has 2 rings (SSSR count). The fourth-order valence-corrected chi connectivity index (χ4v) is 3.62. The van der Waals surface area contributed by atoms with Gasteiger partial charge in [0.05, 0.1) is 32.3 Å². The van der Waals surface area contributed by atoms with Crippen LogP contribution in [0, 0.1) is 11.8 Å². The highest BCUT2D eigenvalue weighted by Crippen LogP contribution is 2.46. The van der Waals surface area contributed by atoms with Crippen LogP contribution in [0.1, 0.15) is 31.7 Å². The van der Waals surface area contributed by atoms with Crippen LogP contribution in [0.2, 0.25) is 0 Å². The molecular formula is C19H24O7. The first-order valence-corrected chi connectivity index (χ1v) is 8.40. The van der Waals surface area contributed by atoms with Gasteiger partial charge in [0.15, 0.2) is 5.78 Å². The van der Waals surface area contributed by atoms with Gasteiger partial charge in [0, 0.05) is 12.3 Å². The van der Waals surface area contributed by atoms with E-state index in [1.54, 1.807) is 24.3 Å². The van der Waals surface area contributed by atoms with Gasteiger partial charge in [-0.1, -0.05) is 12.1 Å². The van der Waals surface area contributed by atoms with Crippen molar-refractivity contribution in [2.24, 2.45) is 11.8 Å². The first-order chi connectivity index (χ1) is 12.3. The number of ether oxygens (including phenoxy) is 3. The smallest absolute Gasteiger partial charge is 0.316 e. The van der Waals surface area contributed by atoms with Crippen molar-refractivity contribution in [1.29, 1.82) is 0 Å². The van der Waals surface area contributed by atoms with Gasteiger partial charge in [0.1, 0.15) is 11.7 Å². The van der Waals surface area contributed by atoms with Crippen LogP contribution in [0.3, 0.4) is 0 Å². The molecule has 26 heavy (non-hydrogen) atoms. The second-order valence-electron chi connectivity index (χ2n) is 6.53. The fraction of sp³-hybridized carbons (Fsp3) is 0.526. The molecule has 0 aromatic heterocycles. The van der Waals surface area contributed by atoms with Crippen LogP contribution in [-0.2, 0) is 23.9 Å². The number of aliphatic hydroxyl groups is 1. The van der Waals surface area contributed by atoms with Crippen molar-refractivity contribution in [2.45, 2.75) is 31.8 Å². The maximum Gasteiger partial charge on any atom is 0.316 e. The van der Waals surface area contributed by atoms with E-state index in [-0.39, 0.29) is 6.42 Å². The molecule has 1 N–H and O–H groups in total. The van der Waals surface area contributed by atoms with E-state index in [9.17, 15) is 19.5 Å². The van der Waals surface area contributed by atoms with Crippen molar-refractivity contribution in [3.05, 3.63) is 29.8 Å². The van der Waals surface area contributed by atoms with Crippen LogP contribution in [0.5, 0.6) is 5.75 Å². The summed E-state index contributed by atoms with van der Waals surface area (Å²) in [4.78, 5) is 37.3. The molecule has 0 amide bonds. The Morgan fingerprint density at radius 3 is 2.23 bits per heavy atom. The van der Waals surface area contributed by atoms with Gasteiger partial charge in [0.25, 0.3) is 0 Å². The topological polar surface area (TPSA) is 99.1 Å². The number of rotatable bonds is 5. The molecule has 4 atom stereocenters. The van der Waals surface area contributed by atoms with Crippen molar-refractivity contribution in [3.8, 4) is 5.75 Å². The predicted molar refractivity (Wildman–Crippen MR) is 91.6 cm³/mol. The lowest BCUT2D eigenvalue weighted by Crippen LogP contribution is -2.55. The maximum atomic E-state index is 12.6. The Labute approximate surface area is 152 Å². The third-order valence-electron chi connectivity index (χ3n) is 4.75. The van der Waals surface area contributed by atoms with E-state index < -0.39 is 41.1 Å². The second-order valence-corrected chi connectivity index (χ2v) is 6.53. The largest absolute Gasteiger partial charge is 0.494 e. The highest BCUT2D eigenvalue weighted by atomic mass is 16.5. The van der Waals surface area contributed by atoms with Crippen LogP contribution in [0.15, 0.2) is 24.3 Å². The number of esters is 2. The highest BCUT2D eigenvalue weighted by Gasteiger charge is 2.56. The van der Waals surface area contributed by atoms with Crippen molar-refractivity contribution in [1.82, 2.24) is 0 Å². The molecule has 1 aromatic rings. The lowest BCUT2D eigenvalue weighted by Gasteiger charge is -2.43. The Morgan fingerprint density at radius 1 is 1.15 bits per heavy atom. The molecule has 0 radical (unpaired) electrons. The molecule has 1 saturated carbocycles. The zero-order valence-electron chi connectivity index (χ0n) is 15.4. The van der Waals surface area contributed by atoms with Crippen molar-refractivity contribution in [2.75, 3.05) is 20.8 Å². The summed E-state index contributed by atoms with van der Waals surface area (Å²) in [5.74, 6) is -4.46. The minimum atomic E-state index is -1.64. The summed E-state index contributed by atoms with van der Waals surface area (Å²) in [7, 11) is 2.39. The fourth-order valence-electron chi connectivity index (χ4n) is 3.62. The minimum Gasteiger partial charge on any atom is -0.494 e.